The molecule has 0 saturated heterocycles. The number of esters is 2. The van der Waals surface area contributed by atoms with Crippen molar-refractivity contribution in [3.63, 3.8) is 0 Å². The van der Waals surface area contributed by atoms with Crippen molar-refractivity contribution < 1.29 is 24.2 Å². The number of rotatable bonds is 27. The molecule has 0 aliphatic heterocycles. The first-order valence-corrected chi connectivity index (χ1v) is 15.1. The third-order valence-corrected chi connectivity index (χ3v) is 6.65. The van der Waals surface area contributed by atoms with E-state index in [0.29, 0.717) is 12.8 Å². The molecule has 0 fully saturated rings. The van der Waals surface area contributed by atoms with Gasteiger partial charge in [0.25, 0.3) is 0 Å². The number of aliphatic hydroxyl groups excluding tert-OH is 1. The lowest BCUT2D eigenvalue weighted by atomic mass is 10.0. The zero-order valence-corrected chi connectivity index (χ0v) is 23.3. The molecule has 5 nitrogen and oxygen atoms in total. The number of carbonyl (C=O) groups excluding carboxylic acids is 2. The molecule has 0 spiro atoms. The smallest absolute Gasteiger partial charge is 0.306 e. The van der Waals surface area contributed by atoms with Gasteiger partial charge in [-0.25, -0.2) is 0 Å². The topological polar surface area (TPSA) is 72.8 Å². The minimum atomic E-state index is -0.757. The average Bonchev–Trinajstić information content (AvgIpc) is 2.86. The predicted molar refractivity (Wildman–Crippen MR) is 145 cm³/mol. The number of carbonyl (C=O) groups is 2. The van der Waals surface area contributed by atoms with Crippen molar-refractivity contribution in [2.45, 2.75) is 168 Å². The van der Waals surface area contributed by atoms with Crippen LogP contribution in [0.4, 0.5) is 0 Å². The van der Waals surface area contributed by atoms with Crippen LogP contribution >= 0.6 is 0 Å². The maximum Gasteiger partial charge on any atom is 0.306 e. The first-order valence-electron chi connectivity index (χ1n) is 15.1. The Bertz CT molecular complexity index is 466. The Kier molecular flexibility index (Phi) is 26.6. The van der Waals surface area contributed by atoms with Gasteiger partial charge in [-0.1, -0.05) is 136 Å². The lowest BCUT2D eigenvalue weighted by Crippen LogP contribution is -2.28. The highest BCUT2D eigenvalue weighted by Gasteiger charge is 2.16. The van der Waals surface area contributed by atoms with Gasteiger partial charge in [-0.3, -0.25) is 9.59 Å². The standard InChI is InChI=1S/C30H58O5/c1-3-5-7-9-11-12-13-14-15-16-17-19-20-22-24-29(32)34-27-28(26-31)35-30(33)25-23-21-18-10-8-6-4-2/h28,31H,3-27H2,1-2H3. The summed E-state index contributed by atoms with van der Waals surface area (Å²) in [5.74, 6) is -0.592. The highest BCUT2D eigenvalue weighted by atomic mass is 16.6. The van der Waals surface area contributed by atoms with Crippen LogP contribution in [0.25, 0.3) is 0 Å². The van der Waals surface area contributed by atoms with Crippen molar-refractivity contribution in [1.82, 2.24) is 0 Å². The minimum Gasteiger partial charge on any atom is -0.462 e. The summed E-state index contributed by atoms with van der Waals surface area (Å²) in [5, 5.41) is 9.42. The molecule has 1 N–H and O–H groups in total. The summed E-state index contributed by atoms with van der Waals surface area (Å²) in [6.07, 6.45) is 25.9. The molecule has 0 rings (SSSR count). The van der Waals surface area contributed by atoms with Crippen LogP contribution in [0.15, 0.2) is 0 Å². The molecule has 208 valence electrons. The van der Waals surface area contributed by atoms with E-state index in [0.717, 1.165) is 32.1 Å². The Morgan fingerprint density at radius 1 is 0.543 bits per heavy atom. The van der Waals surface area contributed by atoms with Crippen LogP contribution in [0.5, 0.6) is 0 Å². The summed E-state index contributed by atoms with van der Waals surface area (Å²) in [6, 6.07) is 0. The minimum absolute atomic E-state index is 0.0588. The molecule has 0 aromatic rings. The van der Waals surface area contributed by atoms with E-state index in [-0.39, 0.29) is 25.2 Å². The van der Waals surface area contributed by atoms with E-state index < -0.39 is 6.10 Å². The first-order chi connectivity index (χ1) is 17.1. The molecule has 5 heteroatoms. The Balaban J connectivity index is 3.53. The Hall–Kier alpha value is -1.10. The fourth-order valence-electron chi connectivity index (χ4n) is 4.32. The lowest BCUT2D eigenvalue weighted by Gasteiger charge is -2.15. The first kappa shape index (κ1) is 33.9. The summed E-state index contributed by atoms with van der Waals surface area (Å²) < 4.78 is 10.5. The second-order valence-corrected chi connectivity index (χ2v) is 10.2. The molecular weight excluding hydrogens is 440 g/mol. The van der Waals surface area contributed by atoms with Crippen molar-refractivity contribution in [3.8, 4) is 0 Å². The van der Waals surface area contributed by atoms with Crippen LogP contribution in [-0.2, 0) is 19.1 Å². The number of ether oxygens (including phenoxy) is 2. The summed E-state index contributed by atoms with van der Waals surface area (Å²) in [7, 11) is 0. The van der Waals surface area contributed by atoms with Crippen molar-refractivity contribution in [2.24, 2.45) is 0 Å². The molecular formula is C30H58O5. The van der Waals surface area contributed by atoms with Gasteiger partial charge in [-0.05, 0) is 12.8 Å². The maximum absolute atomic E-state index is 11.9. The van der Waals surface area contributed by atoms with Gasteiger partial charge >= 0.3 is 11.9 Å². The summed E-state index contributed by atoms with van der Waals surface area (Å²) in [4.78, 5) is 23.9. The zero-order chi connectivity index (χ0) is 25.8. The largest absolute Gasteiger partial charge is 0.462 e. The molecule has 0 heterocycles. The van der Waals surface area contributed by atoms with Gasteiger partial charge in [0.2, 0.25) is 0 Å². The summed E-state index contributed by atoms with van der Waals surface area (Å²) in [6.45, 7) is 4.08. The van der Waals surface area contributed by atoms with Crippen LogP contribution < -0.4 is 0 Å². The average molecular weight is 499 g/mol. The van der Waals surface area contributed by atoms with Crippen LogP contribution in [0.2, 0.25) is 0 Å². The van der Waals surface area contributed by atoms with E-state index in [1.165, 1.54) is 103 Å². The maximum atomic E-state index is 11.9. The van der Waals surface area contributed by atoms with Gasteiger partial charge in [0.1, 0.15) is 6.61 Å². The molecule has 0 aliphatic carbocycles. The third kappa shape index (κ3) is 25.8. The van der Waals surface area contributed by atoms with Gasteiger partial charge in [-0.2, -0.15) is 0 Å². The van der Waals surface area contributed by atoms with Gasteiger partial charge in [0.05, 0.1) is 6.61 Å². The molecule has 0 amide bonds. The normalized spacial score (nSPS) is 12.0. The van der Waals surface area contributed by atoms with E-state index >= 15 is 0 Å². The van der Waals surface area contributed by atoms with Crippen LogP contribution in [0.1, 0.15) is 162 Å². The number of hydrogen-bond acceptors (Lipinski definition) is 5. The van der Waals surface area contributed by atoms with Crippen LogP contribution in [-0.4, -0.2) is 36.4 Å². The van der Waals surface area contributed by atoms with Gasteiger partial charge in [-0.15, -0.1) is 0 Å². The Labute approximate surface area is 217 Å². The Morgan fingerprint density at radius 3 is 1.26 bits per heavy atom. The van der Waals surface area contributed by atoms with Gasteiger partial charge < -0.3 is 14.6 Å². The highest BCUT2D eigenvalue weighted by Crippen LogP contribution is 2.14. The molecule has 1 unspecified atom stereocenters. The predicted octanol–water partition coefficient (Wildman–Crippen LogP) is 8.45. The monoisotopic (exact) mass is 498 g/mol. The second-order valence-electron chi connectivity index (χ2n) is 10.2. The molecule has 0 aromatic heterocycles. The van der Waals surface area contributed by atoms with Gasteiger partial charge in [0.15, 0.2) is 6.10 Å². The Morgan fingerprint density at radius 2 is 0.886 bits per heavy atom. The SMILES string of the molecule is CCCCCCCCCCCCCCCCC(=O)OCC(CO)OC(=O)CCCCCCCCC. The summed E-state index contributed by atoms with van der Waals surface area (Å²) in [5.41, 5.74) is 0. The van der Waals surface area contributed by atoms with Crippen LogP contribution in [0.3, 0.4) is 0 Å². The number of aliphatic hydroxyl groups is 1. The summed E-state index contributed by atoms with van der Waals surface area (Å²) >= 11 is 0. The quantitative estimate of drug-likeness (QED) is 0.0908. The van der Waals surface area contributed by atoms with Gasteiger partial charge in [0, 0.05) is 12.8 Å². The molecule has 35 heavy (non-hydrogen) atoms. The number of unbranched alkanes of at least 4 members (excludes halogenated alkanes) is 19. The number of hydrogen-bond donors (Lipinski definition) is 1. The molecule has 0 saturated carbocycles. The van der Waals surface area contributed by atoms with E-state index in [1.807, 2.05) is 0 Å². The third-order valence-electron chi connectivity index (χ3n) is 6.65. The van der Waals surface area contributed by atoms with Crippen molar-refractivity contribution >= 4 is 11.9 Å². The fraction of sp³-hybridized carbons (Fsp3) is 0.933. The molecule has 0 radical (unpaired) electrons. The van der Waals surface area contributed by atoms with Crippen LogP contribution in [0, 0.1) is 0 Å². The molecule has 0 aliphatic rings. The van der Waals surface area contributed by atoms with E-state index in [9.17, 15) is 14.7 Å². The van der Waals surface area contributed by atoms with E-state index in [1.54, 1.807) is 0 Å². The van der Waals surface area contributed by atoms with Crippen molar-refractivity contribution in [3.05, 3.63) is 0 Å². The van der Waals surface area contributed by atoms with Crippen molar-refractivity contribution in [1.29, 1.82) is 0 Å². The highest BCUT2D eigenvalue weighted by molar-refractivity contribution is 5.70. The fourth-order valence-corrected chi connectivity index (χ4v) is 4.32. The van der Waals surface area contributed by atoms with E-state index in [4.69, 9.17) is 9.47 Å². The lowest BCUT2D eigenvalue weighted by molar-refractivity contribution is -0.161. The molecule has 0 aromatic carbocycles. The van der Waals surface area contributed by atoms with E-state index in [2.05, 4.69) is 13.8 Å². The van der Waals surface area contributed by atoms with Crippen molar-refractivity contribution in [2.75, 3.05) is 13.2 Å². The second kappa shape index (κ2) is 27.5. The molecule has 0 bridgehead atoms. The molecule has 1 atom stereocenters. The zero-order valence-electron chi connectivity index (χ0n) is 23.3.